The maximum atomic E-state index is 13.9. The fourth-order valence-corrected chi connectivity index (χ4v) is 2.29. The van der Waals surface area contributed by atoms with Crippen molar-refractivity contribution in [3.05, 3.63) is 41.7 Å². The van der Waals surface area contributed by atoms with Gasteiger partial charge >= 0.3 is 0 Å². The van der Waals surface area contributed by atoms with Gasteiger partial charge in [0, 0.05) is 32.0 Å². The molecule has 2 aromatic rings. The Morgan fingerprint density at radius 3 is 2.86 bits per heavy atom. The average molecular weight is 303 g/mol. The van der Waals surface area contributed by atoms with Crippen molar-refractivity contribution in [3.63, 3.8) is 0 Å². The van der Waals surface area contributed by atoms with Crippen molar-refractivity contribution >= 4 is 5.91 Å². The lowest BCUT2D eigenvalue weighted by Gasteiger charge is -2.26. The standard InChI is InChI=1S/C15H18FN5O/c1-2-13-19-14(15(22)18-9-10-7-17-8-10)20-21(13)12-6-4-3-5-11(12)16/h3-6,10,17H,2,7-9H2,1H3,(H,18,22). The van der Waals surface area contributed by atoms with Crippen molar-refractivity contribution in [2.24, 2.45) is 5.92 Å². The van der Waals surface area contributed by atoms with E-state index < -0.39 is 5.82 Å². The molecule has 0 saturated carbocycles. The number of nitrogens with one attached hydrogen (secondary N) is 2. The number of nitrogens with zero attached hydrogens (tertiary/aromatic N) is 3. The van der Waals surface area contributed by atoms with E-state index in [1.54, 1.807) is 18.2 Å². The first-order valence-electron chi connectivity index (χ1n) is 7.38. The van der Waals surface area contributed by atoms with E-state index in [-0.39, 0.29) is 11.7 Å². The smallest absolute Gasteiger partial charge is 0.290 e. The van der Waals surface area contributed by atoms with Gasteiger partial charge in [0.15, 0.2) is 0 Å². The summed E-state index contributed by atoms with van der Waals surface area (Å²) >= 11 is 0. The van der Waals surface area contributed by atoms with Gasteiger partial charge in [0.1, 0.15) is 17.3 Å². The van der Waals surface area contributed by atoms with Gasteiger partial charge in [-0.3, -0.25) is 4.79 Å². The lowest BCUT2D eigenvalue weighted by molar-refractivity contribution is 0.0932. The molecule has 1 aromatic carbocycles. The number of amides is 1. The number of benzene rings is 1. The average Bonchev–Trinajstić information content (AvgIpc) is 2.90. The van der Waals surface area contributed by atoms with Crippen molar-refractivity contribution < 1.29 is 9.18 Å². The van der Waals surface area contributed by atoms with Crippen molar-refractivity contribution in [1.82, 2.24) is 25.4 Å². The molecule has 6 nitrogen and oxygen atoms in total. The summed E-state index contributed by atoms with van der Waals surface area (Å²) in [6.45, 7) is 4.32. The van der Waals surface area contributed by atoms with E-state index in [2.05, 4.69) is 20.7 Å². The highest BCUT2D eigenvalue weighted by atomic mass is 19.1. The molecule has 22 heavy (non-hydrogen) atoms. The molecule has 0 spiro atoms. The quantitative estimate of drug-likeness (QED) is 0.861. The Balaban J connectivity index is 1.81. The molecule has 1 amide bonds. The van der Waals surface area contributed by atoms with Crippen LogP contribution in [0.15, 0.2) is 24.3 Å². The minimum Gasteiger partial charge on any atom is -0.349 e. The monoisotopic (exact) mass is 303 g/mol. The van der Waals surface area contributed by atoms with Gasteiger partial charge in [-0.05, 0) is 12.1 Å². The third-order valence-corrected chi connectivity index (χ3v) is 3.69. The van der Waals surface area contributed by atoms with Crippen LogP contribution in [0, 0.1) is 11.7 Å². The van der Waals surface area contributed by atoms with Crippen molar-refractivity contribution in [2.45, 2.75) is 13.3 Å². The number of rotatable bonds is 5. The number of aryl methyl sites for hydroxylation is 1. The van der Waals surface area contributed by atoms with E-state index >= 15 is 0 Å². The number of carbonyl (C=O) groups is 1. The zero-order valence-corrected chi connectivity index (χ0v) is 12.3. The Labute approximate surface area is 127 Å². The number of halogens is 1. The van der Waals surface area contributed by atoms with Crippen LogP contribution < -0.4 is 10.6 Å². The third-order valence-electron chi connectivity index (χ3n) is 3.69. The van der Waals surface area contributed by atoms with Crippen molar-refractivity contribution in [3.8, 4) is 5.69 Å². The van der Waals surface area contributed by atoms with Crippen LogP contribution in [-0.2, 0) is 6.42 Å². The van der Waals surface area contributed by atoms with Crippen LogP contribution in [0.1, 0.15) is 23.4 Å². The first kappa shape index (κ1) is 14.6. The van der Waals surface area contributed by atoms with Gasteiger partial charge in [0.2, 0.25) is 5.82 Å². The van der Waals surface area contributed by atoms with Crippen LogP contribution in [0.25, 0.3) is 5.69 Å². The zero-order chi connectivity index (χ0) is 15.5. The number of carbonyl (C=O) groups excluding carboxylic acids is 1. The van der Waals surface area contributed by atoms with Crippen LogP contribution in [0.5, 0.6) is 0 Å². The summed E-state index contributed by atoms with van der Waals surface area (Å²) in [5.74, 6) is 0.377. The van der Waals surface area contributed by atoms with Crippen LogP contribution in [0.4, 0.5) is 4.39 Å². The molecule has 0 radical (unpaired) electrons. The molecule has 1 aromatic heterocycles. The molecule has 1 aliphatic heterocycles. The summed E-state index contributed by atoms with van der Waals surface area (Å²) in [5.41, 5.74) is 0.300. The fourth-order valence-electron chi connectivity index (χ4n) is 2.29. The summed E-state index contributed by atoms with van der Waals surface area (Å²) < 4.78 is 15.3. The second-order valence-corrected chi connectivity index (χ2v) is 5.30. The van der Waals surface area contributed by atoms with Crippen LogP contribution in [-0.4, -0.2) is 40.3 Å². The molecular formula is C15H18FN5O. The van der Waals surface area contributed by atoms with Gasteiger partial charge < -0.3 is 10.6 Å². The molecule has 1 aliphatic rings. The minimum atomic E-state index is -0.394. The lowest BCUT2D eigenvalue weighted by Crippen LogP contribution is -2.48. The Kier molecular flexibility index (Phi) is 4.15. The maximum absolute atomic E-state index is 13.9. The largest absolute Gasteiger partial charge is 0.349 e. The maximum Gasteiger partial charge on any atom is 0.290 e. The molecule has 1 saturated heterocycles. The van der Waals surface area contributed by atoms with Crippen molar-refractivity contribution in [2.75, 3.05) is 19.6 Å². The molecule has 0 unspecified atom stereocenters. The number of hydrogen-bond donors (Lipinski definition) is 2. The van der Waals surface area contributed by atoms with E-state index in [1.807, 2.05) is 6.92 Å². The summed E-state index contributed by atoms with van der Waals surface area (Å²) in [7, 11) is 0. The lowest BCUT2D eigenvalue weighted by atomic mass is 10.0. The highest BCUT2D eigenvalue weighted by Crippen LogP contribution is 2.14. The first-order chi connectivity index (χ1) is 10.7. The van der Waals surface area contributed by atoms with Gasteiger partial charge in [0.25, 0.3) is 5.91 Å². The molecule has 2 heterocycles. The zero-order valence-electron chi connectivity index (χ0n) is 12.3. The predicted octanol–water partition coefficient (Wildman–Crippen LogP) is 0.918. The van der Waals surface area contributed by atoms with E-state index in [0.717, 1.165) is 13.1 Å². The molecule has 0 bridgehead atoms. The predicted molar refractivity (Wildman–Crippen MR) is 79.4 cm³/mol. The van der Waals surface area contributed by atoms with E-state index in [0.29, 0.717) is 30.4 Å². The summed E-state index contributed by atoms with van der Waals surface area (Å²) in [6.07, 6.45) is 0.557. The van der Waals surface area contributed by atoms with E-state index in [4.69, 9.17) is 0 Å². The number of hydrogen-bond acceptors (Lipinski definition) is 4. The molecule has 1 fully saturated rings. The van der Waals surface area contributed by atoms with E-state index in [9.17, 15) is 9.18 Å². The highest BCUT2D eigenvalue weighted by Gasteiger charge is 2.21. The SMILES string of the molecule is CCc1nc(C(=O)NCC2CNC2)nn1-c1ccccc1F. The van der Waals surface area contributed by atoms with Crippen LogP contribution in [0.3, 0.4) is 0 Å². The van der Waals surface area contributed by atoms with Gasteiger partial charge in [-0.15, -0.1) is 5.10 Å². The third kappa shape index (κ3) is 2.85. The van der Waals surface area contributed by atoms with Gasteiger partial charge in [-0.25, -0.2) is 14.1 Å². The van der Waals surface area contributed by atoms with Gasteiger partial charge in [0.05, 0.1) is 0 Å². The second-order valence-electron chi connectivity index (χ2n) is 5.30. The Morgan fingerprint density at radius 2 is 2.23 bits per heavy atom. The number of aromatic nitrogens is 3. The number of para-hydroxylation sites is 1. The van der Waals surface area contributed by atoms with Gasteiger partial charge in [-0.2, -0.15) is 0 Å². The highest BCUT2D eigenvalue weighted by molar-refractivity contribution is 5.90. The molecule has 0 aliphatic carbocycles. The Bertz CT molecular complexity index is 680. The molecule has 2 N–H and O–H groups in total. The fraction of sp³-hybridized carbons (Fsp3) is 0.400. The summed E-state index contributed by atoms with van der Waals surface area (Å²) in [5, 5.41) is 10.1. The molecular weight excluding hydrogens is 285 g/mol. The normalized spacial score (nSPS) is 14.6. The summed E-state index contributed by atoms with van der Waals surface area (Å²) in [4.78, 5) is 16.3. The topological polar surface area (TPSA) is 71.8 Å². The van der Waals surface area contributed by atoms with Gasteiger partial charge in [-0.1, -0.05) is 19.1 Å². The molecule has 7 heteroatoms. The van der Waals surface area contributed by atoms with Crippen LogP contribution in [0.2, 0.25) is 0 Å². The van der Waals surface area contributed by atoms with E-state index in [1.165, 1.54) is 10.7 Å². The molecule has 0 atom stereocenters. The Morgan fingerprint density at radius 1 is 1.45 bits per heavy atom. The second kappa shape index (κ2) is 6.23. The van der Waals surface area contributed by atoms with Crippen LogP contribution >= 0.6 is 0 Å². The minimum absolute atomic E-state index is 0.0763. The first-order valence-corrected chi connectivity index (χ1v) is 7.38. The molecule has 3 rings (SSSR count). The molecule has 116 valence electrons. The summed E-state index contributed by atoms with van der Waals surface area (Å²) in [6, 6.07) is 6.31. The van der Waals surface area contributed by atoms with Crippen molar-refractivity contribution in [1.29, 1.82) is 0 Å². The Hall–Kier alpha value is -2.28.